The molecule has 5 nitrogen and oxygen atoms in total. The van der Waals surface area contributed by atoms with Crippen LogP contribution in [0.5, 0.6) is 0 Å². The van der Waals surface area contributed by atoms with Crippen molar-refractivity contribution in [1.29, 1.82) is 0 Å². The van der Waals surface area contributed by atoms with E-state index in [1.54, 1.807) is 0 Å². The summed E-state index contributed by atoms with van der Waals surface area (Å²) in [5, 5.41) is 0. The summed E-state index contributed by atoms with van der Waals surface area (Å²) in [7, 11) is -7.61. The summed E-state index contributed by atoms with van der Waals surface area (Å²) in [5.74, 6) is 2.21. The Morgan fingerprint density at radius 1 is 0.800 bits per heavy atom. The van der Waals surface area contributed by atoms with Gasteiger partial charge >= 0.3 is 7.60 Å². The molecule has 0 aromatic rings. The predicted octanol–water partition coefficient (Wildman–Crippen LogP) is 8.54. The summed E-state index contributed by atoms with van der Waals surface area (Å²) >= 11 is 0. The Balaban J connectivity index is 1.88. The second-order valence-corrected chi connectivity index (χ2v) is 15.5. The molecule has 202 valence electrons. The van der Waals surface area contributed by atoms with Gasteiger partial charge in [0.2, 0.25) is 7.37 Å². The van der Waals surface area contributed by atoms with Gasteiger partial charge in [0.1, 0.15) is 5.90 Å². The van der Waals surface area contributed by atoms with Crippen LogP contribution in [0, 0.1) is 29.6 Å². The molecule has 0 amide bonds. The van der Waals surface area contributed by atoms with Gasteiger partial charge in [0.05, 0.1) is 6.61 Å². The van der Waals surface area contributed by atoms with Gasteiger partial charge in [0.15, 0.2) is 0 Å². The summed E-state index contributed by atoms with van der Waals surface area (Å²) in [4.78, 5) is 19.5. The van der Waals surface area contributed by atoms with Gasteiger partial charge in [-0.15, -0.1) is 0 Å². The first-order chi connectivity index (χ1) is 16.7. The van der Waals surface area contributed by atoms with Gasteiger partial charge in [0, 0.05) is 6.66 Å². The average Bonchev–Trinajstić information content (AvgIpc) is 3.49. The Hall–Kier alpha value is -0.440. The van der Waals surface area contributed by atoms with E-state index >= 15 is 0 Å². The highest BCUT2D eigenvalue weighted by atomic mass is 31.2. The van der Waals surface area contributed by atoms with Crippen molar-refractivity contribution in [1.82, 2.24) is 0 Å². The van der Waals surface area contributed by atoms with Crippen molar-refractivity contribution in [2.45, 2.75) is 90.9 Å². The molecule has 2 aliphatic carbocycles. The molecule has 0 aromatic carbocycles. The summed E-state index contributed by atoms with van der Waals surface area (Å²) in [6, 6.07) is 0. The minimum Gasteiger partial charge on any atom is -0.344 e. The minimum absolute atomic E-state index is 0.247. The van der Waals surface area contributed by atoms with E-state index in [4.69, 9.17) is 4.52 Å². The van der Waals surface area contributed by atoms with Gasteiger partial charge in [0.25, 0.3) is 0 Å². The number of unbranched alkanes of at least 4 members (excludes halogenated alkanes) is 3. The largest absolute Gasteiger partial charge is 0.344 e. The van der Waals surface area contributed by atoms with Crippen LogP contribution in [0.2, 0.25) is 0 Å². The molecular weight excluding hydrogens is 478 g/mol. The van der Waals surface area contributed by atoms with Crippen molar-refractivity contribution in [3.63, 3.8) is 0 Å². The lowest BCUT2D eigenvalue weighted by Gasteiger charge is -2.31. The van der Waals surface area contributed by atoms with E-state index in [2.05, 4.69) is 50.3 Å². The number of allylic oxidation sites excluding steroid dienone is 6. The third-order valence-corrected chi connectivity index (χ3v) is 11.7. The third kappa shape index (κ3) is 12.1. The zero-order valence-corrected chi connectivity index (χ0v) is 24.1. The summed E-state index contributed by atoms with van der Waals surface area (Å²) in [5.41, 5.74) is 0. The number of hydrogen-bond acceptors (Lipinski definition) is 3. The van der Waals surface area contributed by atoms with Crippen LogP contribution in [0.3, 0.4) is 0 Å². The molecule has 7 unspecified atom stereocenters. The molecule has 0 radical (unpaired) electrons. The molecule has 2 saturated carbocycles. The van der Waals surface area contributed by atoms with Gasteiger partial charge in [-0.1, -0.05) is 50.3 Å². The van der Waals surface area contributed by atoms with Crippen LogP contribution in [0.4, 0.5) is 0 Å². The Bertz CT molecular complexity index is 784. The second kappa shape index (κ2) is 15.7. The van der Waals surface area contributed by atoms with Gasteiger partial charge in [-0.2, -0.15) is 0 Å². The topological polar surface area (TPSA) is 83.8 Å². The molecule has 2 rings (SSSR count). The van der Waals surface area contributed by atoms with Crippen molar-refractivity contribution in [3.8, 4) is 0 Å². The standard InChI is InChI=1S/C28H50O5P2/c1-4-6-8-10-11-12-13-15-17-19-25-24(18-16-14-9-7-5-2)20-21-26-27(28(25)26)22-33-35(31,32)23-34(3,29)30/h6-9,12-13,24-28H,4-5,10-11,14-23H2,1-3H3,(H,29,30)(H,31,32). The van der Waals surface area contributed by atoms with Gasteiger partial charge in [-0.3, -0.25) is 9.13 Å². The van der Waals surface area contributed by atoms with E-state index in [1.165, 1.54) is 38.5 Å². The molecule has 2 N–H and O–H groups in total. The lowest BCUT2D eigenvalue weighted by Crippen LogP contribution is -2.22. The highest BCUT2D eigenvalue weighted by Crippen LogP contribution is 2.63. The van der Waals surface area contributed by atoms with Gasteiger partial charge < -0.3 is 14.3 Å². The fourth-order valence-electron chi connectivity index (χ4n) is 6.01. The molecule has 0 spiro atoms. The van der Waals surface area contributed by atoms with Crippen molar-refractivity contribution >= 4 is 15.0 Å². The van der Waals surface area contributed by atoms with Gasteiger partial charge in [-0.25, -0.2) is 0 Å². The fraction of sp³-hybridized carbons (Fsp3) is 0.786. The predicted molar refractivity (Wildman–Crippen MR) is 148 cm³/mol. The Labute approximate surface area is 214 Å². The zero-order valence-electron chi connectivity index (χ0n) is 22.3. The summed E-state index contributed by atoms with van der Waals surface area (Å²) in [6.45, 7) is 5.69. The molecule has 2 fully saturated rings. The SMILES string of the molecule is CCC=CCCC=CCCCC1C(CCCC=CCC)CCC2C(COP(=O)(O)CP(C)(=O)O)C12. The first-order valence-corrected chi connectivity index (χ1v) is 17.9. The van der Waals surface area contributed by atoms with Crippen molar-refractivity contribution < 1.29 is 23.4 Å². The van der Waals surface area contributed by atoms with Crippen LogP contribution >= 0.6 is 15.0 Å². The first-order valence-electron chi connectivity index (χ1n) is 13.9. The van der Waals surface area contributed by atoms with Crippen molar-refractivity contribution in [2.75, 3.05) is 19.2 Å². The molecule has 2 aliphatic rings. The zero-order chi connectivity index (χ0) is 25.7. The van der Waals surface area contributed by atoms with E-state index in [-0.39, 0.29) is 6.61 Å². The molecule has 0 heterocycles. The molecule has 0 saturated heterocycles. The lowest BCUT2D eigenvalue weighted by molar-refractivity contribution is 0.184. The Kier molecular flexibility index (Phi) is 13.8. The molecule has 0 aromatic heterocycles. The summed E-state index contributed by atoms with van der Waals surface area (Å²) in [6.07, 6.45) is 27.7. The van der Waals surface area contributed by atoms with Crippen molar-refractivity contribution in [3.05, 3.63) is 36.5 Å². The first kappa shape index (κ1) is 30.8. The molecule has 7 atom stereocenters. The number of hydrogen-bond donors (Lipinski definition) is 2. The normalized spacial score (nSPS) is 30.0. The van der Waals surface area contributed by atoms with E-state index in [1.807, 2.05) is 0 Å². The minimum atomic E-state index is -4.02. The molecule has 35 heavy (non-hydrogen) atoms. The quantitative estimate of drug-likeness (QED) is 0.106. The highest BCUT2D eigenvalue weighted by Gasteiger charge is 2.57. The van der Waals surface area contributed by atoms with Crippen LogP contribution in [0.15, 0.2) is 36.5 Å². The summed E-state index contributed by atoms with van der Waals surface area (Å²) < 4.78 is 29.3. The van der Waals surface area contributed by atoms with E-state index < -0.39 is 20.9 Å². The van der Waals surface area contributed by atoms with Crippen LogP contribution in [0.25, 0.3) is 0 Å². The van der Waals surface area contributed by atoms with Crippen LogP contribution < -0.4 is 0 Å². The van der Waals surface area contributed by atoms with E-state index in [0.717, 1.165) is 51.1 Å². The second-order valence-electron chi connectivity index (χ2n) is 10.7. The Morgan fingerprint density at radius 3 is 2.00 bits per heavy atom. The Morgan fingerprint density at radius 2 is 1.37 bits per heavy atom. The maximum absolute atomic E-state index is 12.3. The monoisotopic (exact) mass is 528 g/mol. The number of rotatable bonds is 18. The van der Waals surface area contributed by atoms with E-state index in [0.29, 0.717) is 23.7 Å². The highest BCUT2D eigenvalue weighted by molar-refractivity contribution is 7.72. The molecule has 0 bridgehead atoms. The third-order valence-electron chi connectivity index (χ3n) is 7.60. The fourth-order valence-corrected chi connectivity index (χ4v) is 9.40. The van der Waals surface area contributed by atoms with Crippen LogP contribution in [-0.2, 0) is 13.7 Å². The molecule has 7 heteroatoms. The smallest absolute Gasteiger partial charge is 0.337 e. The van der Waals surface area contributed by atoms with E-state index in [9.17, 15) is 18.9 Å². The van der Waals surface area contributed by atoms with Crippen molar-refractivity contribution in [2.24, 2.45) is 29.6 Å². The molecular formula is C28H50O5P2. The number of fused-ring (bicyclic) bond motifs is 1. The van der Waals surface area contributed by atoms with Crippen LogP contribution in [-0.4, -0.2) is 29.0 Å². The maximum atomic E-state index is 12.3. The van der Waals surface area contributed by atoms with Gasteiger partial charge in [-0.05, 0) is 107 Å². The lowest BCUT2D eigenvalue weighted by atomic mass is 9.74. The maximum Gasteiger partial charge on any atom is 0.337 e. The molecule has 0 aliphatic heterocycles. The van der Waals surface area contributed by atoms with Crippen LogP contribution in [0.1, 0.15) is 90.9 Å². The average molecular weight is 529 g/mol.